The molecule has 0 saturated carbocycles. The Kier molecular flexibility index (Phi) is 1.67. The Balaban J connectivity index is 2.62. The highest BCUT2D eigenvalue weighted by Crippen LogP contribution is 2.12. The van der Waals surface area contributed by atoms with Crippen molar-refractivity contribution in [2.75, 3.05) is 0 Å². The van der Waals surface area contributed by atoms with Crippen LogP contribution in [0.4, 0.5) is 0 Å². The third kappa shape index (κ3) is 1.01. The second kappa shape index (κ2) is 2.81. The topological polar surface area (TPSA) is 17.8 Å². The molecule has 0 aliphatic rings. The summed E-state index contributed by atoms with van der Waals surface area (Å²) in [7, 11) is 0. The molecular weight excluding hydrogens is 148 g/mol. The van der Waals surface area contributed by atoms with Gasteiger partial charge < -0.3 is 4.57 Å². The molecule has 0 amide bonds. The van der Waals surface area contributed by atoms with E-state index in [2.05, 4.69) is 22.2 Å². The summed E-state index contributed by atoms with van der Waals surface area (Å²) in [6, 6.07) is 5.10. The van der Waals surface area contributed by atoms with Gasteiger partial charge in [0.1, 0.15) is 0 Å². The first-order chi connectivity index (χ1) is 5.92. The number of hydrogen-bond acceptors (Lipinski definition) is 1. The first-order valence-electron chi connectivity index (χ1n) is 3.83. The van der Waals surface area contributed by atoms with E-state index in [1.54, 1.807) is 6.20 Å². The third-order valence-electron chi connectivity index (χ3n) is 1.81. The molecule has 2 aromatic rings. The van der Waals surface area contributed by atoms with Crippen LogP contribution in [0.1, 0.15) is 0 Å². The molecule has 0 aliphatic carbocycles. The molecule has 59 valence electrons. The molecule has 2 aromatic heterocycles. The van der Waals surface area contributed by atoms with Crippen molar-refractivity contribution < 1.29 is 0 Å². The average molecular weight is 157 g/mol. The van der Waals surface area contributed by atoms with Crippen LogP contribution < -0.4 is 0 Å². The van der Waals surface area contributed by atoms with Gasteiger partial charge in [0.2, 0.25) is 0 Å². The van der Waals surface area contributed by atoms with Gasteiger partial charge in [0.15, 0.2) is 0 Å². The fourth-order valence-electron chi connectivity index (χ4n) is 1.24. The molecule has 2 heterocycles. The van der Waals surface area contributed by atoms with E-state index in [4.69, 9.17) is 0 Å². The molecule has 2 rings (SSSR count). The van der Waals surface area contributed by atoms with Crippen LogP contribution in [0.5, 0.6) is 0 Å². The van der Waals surface area contributed by atoms with Crippen LogP contribution in [0.25, 0.3) is 10.9 Å². The summed E-state index contributed by atoms with van der Waals surface area (Å²) in [6.07, 6.45) is 7.40. The molecule has 2 nitrogen and oxygen atoms in total. The third-order valence-corrected chi connectivity index (χ3v) is 1.81. The van der Waals surface area contributed by atoms with E-state index in [1.165, 1.54) is 0 Å². The highest BCUT2D eigenvalue weighted by atomic mass is 15.0. The van der Waals surface area contributed by atoms with Crippen LogP contribution in [-0.4, -0.2) is 9.55 Å². The van der Waals surface area contributed by atoms with Gasteiger partial charge in [0.25, 0.3) is 0 Å². The Morgan fingerprint density at radius 3 is 3.42 bits per heavy atom. The van der Waals surface area contributed by atoms with E-state index in [9.17, 15) is 0 Å². The van der Waals surface area contributed by atoms with Gasteiger partial charge in [-0.3, -0.25) is 4.98 Å². The second-order valence-electron chi connectivity index (χ2n) is 2.61. The van der Waals surface area contributed by atoms with Gasteiger partial charge in [-0.2, -0.15) is 0 Å². The molecule has 0 atom stereocenters. The summed E-state index contributed by atoms with van der Waals surface area (Å²) in [5.74, 6) is 0. The lowest BCUT2D eigenvalue weighted by molar-refractivity contribution is 0.863. The lowest BCUT2D eigenvalue weighted by atomic mass is 10.3. The normalized spacial score (nSPS) is 10.3. The minimum atomic E-state index is 0.811. The summed E-state index contributed by atoms with van der Waals surface area (Å²) in [5.41, 5.74) is 1.11. The maximum absolute atomic E-state index is 4.05. The fraction of sp³-hybridized carbons (Fsp3) is 0.100. The highest BCUT2D eigenvalue weighted by molar-refractivity contribution is 5.78. The van der Waals surface area contributed by atoms with Crippen molar-refractivity contribution in [1.82, 2.24) is 9.55 Å². The molecule has 2 heteroatoms. The number of nitrogens with zero attached hydrogens (tertiary/aromatic N) is 2. The van der Waals surface area contributed by atoms with Crippen LogP contribution in [0, 0.1) is 6.07 Å². The Hall–Kier alpha value is -1.57. The van der Waals surface area contributed by atoms with Gasteiger partial charge in [-0.15, -0.1) is 6.58 Å². The van der Waals surface area contributed by atoms with Crippen LogP contribution in [0.3, 0.4) is 0 Å². The maximum Gasteiger partial charge on any atom is 0.0676 e. The number of fused-ring (bicyclic) bond motifs is 1. The van der Waals surface area contributed by atoms with Crippen LogP contribution in [0.15, 0.2) is 37.3 Å². The van der Waals surface area contributed by atoms with Gasteiger partial charge in [-0.1, -0.05) is 6.08 Å². The van der Waals surface area contributed by atoms with E-state index in [0.29, 0.717) is 0 Å². The number of pyridine rings is 1. The Morgan fingerprint density at radius 2 is 2.58 bits per heavy atom. The predicted octanol–water partition coefficient (Wildman–Crippen LogP) is 2.02. The van der Waals surface area contributed by atoms with Gasteiger partial charge >= 0.3 is 0 Å². The first-order valence-corrected chi connectivity index (χ1v) is 3.83. The zero-order valence-electron chi connectivity index (χ0n) is 6.70. The molecule has 0 fully saturated rings. The number of aromatic nitrogens is 2. The van der Waals surface area contributed by atoms with Crippen molar-refractivity contribution >= 4 is 10.9 Å². The number of hydrogen-bond donors (Lipinski definition) is 0. The molecule has 0 N–H and O–H groups in total. The molecule has 0 bridgehead atoms. The predicted molar refractivity (Wildman–Crippen MR) is 48.8 cm³/mol. The fourth-order valence-corrected chi connectivity index (χ4v) is 1.24. The highest BCUT2D eigenvalue weighted by Gasteiger charge is 1.97. The summed E-state index contributed by atoms with van der Waals surface area (Å²) in [6.45, 7) is 4.50. The van der Waals surface area contributed by atoms with E-state index < -0.39 is 0 Å². The molecule has 0 saturated heterocycles. The molecule has 0 aliphatic heterocycles. The number of rotatable bonds is 2. The largest absolute Gasteiger partial charge is 0.342 e. The molecule has 12 heavy (non-hydrogen) atoms. The summed E-state index contributed by atoms with van der Waals surface area (Å²) in [5, 5.41) is 1.10. The van der Waals surface area contributed by atoms with E-state index in [0.717, 1.165) is 17.4 Å². The van der Waals surface area contributed by atoms with Crippen LogP contribution in [0.2, 0.25) is 0 Å². The van der Waals surface area contributed by atoms with E-state index >= 15 is 0 Å². The van der Waals surface area contributed by atoms with Gasteiger partial charge in [0.05, 0.1) is 11.7 Å². The lowest BCUT2D eigenvalue weighted by Crippen LogP contribution is -1.91. The van der Waals surface area contributed by atoms with Crippen LogP contribution in [-0.2, 0) is 6.54 Å². The summed E-state index contributed by atoms with van der Waals surface area (Å²) in [4.78, 5) is 4.05. The van der Waals surface area contributed by atoms with Gasteiger partial charge in [0, 0.05) is 30.4 Å². The van der Waals surface area contributed by atoms with Crippen molar-refractivity contribution in [3.63, 3.8) is 0 Å². The van der Waals surface area contributed by atoms with Crippen molar-refractivity contribution in [1.29, 1.82) is 0 Å². The van der Waals surface area contributed by atoms with Crippen molar-refractivity contribution in [3.05, 3.63) is 43.4 Å². The Bertz CT molecular complexity index is 401. The van der Waals surface area contributed by atoms with Crippen molar-refractivity contribution in [3.8, 4) is 0 Å². The zero-order chi connectivity index (χ0) is 8.39. The van der Waals surface area contributed by atoms with Gasteiger partial charge in [-0.25, -0.2) is 0 Å². The summed E-state index contributed by atoms with van der Waals surface area (Å²) < 4.78 is 2.06. The average Bonchev–Trinajstić information content (AvgIpc) is 2.50. The SMILES string of the molecule is C=CCn1c[c]c2ccncc21. The van der Waals surface area contributed by atoms with E-state index in [1.807, 2.05) is 24.5 Å². The van der Waals surface area contributed by atoms with E-state index in [-0.39, 0.29) is 0 Å². The van der Waals surface area contributed by atoms with Crippen molar-refractivity contribution in [2.24, 2.45) is 0 Å². The molecule has 0 spiro atoms. The van der Waals surface area contributed by atoms with Crippen LogP contribution >= 0.6 is 0 Å². The molecule has 1 radical (unpaired) electrons. The minimum absolute atomic E-state index is 0.811. The monoisotopic (exact) mass is 157 g/mol. The quantitative estimate of drug-likeness (QED) is 0.610. The standard InChI is InChI=1S/C10H9N2/c1-2-6-12-7-4-9-3-5-11-8-10(9)12/h2-3,5,7-8H,1,6H2. The minimum Gasteiger partial charge on any atom is -0.342 e. The lowest BCUT2D eigenvalue weighted by Gasteiger charge is -1.98. The molecular formula is C10H9N2. The molecule has 0 aromatic carbocycles. The Labute approximate surface area is 71.2 Å². The first kappa shape index (κ1) is 7.10. The second-order valence-corrected chi connectivity index (χ2v) is 2.61. The zero-order valence-corrected chi connectivity index (χ0v) is 6.70. The number of allylic oxidation sites excluding steroid dienone is 1. The Morgan fingerprint density at radius 1 is 1.67 bits per heavy atom. The van der Waals surface area contributed by atoms with Gasteiger partial charge in [-0.05, 0) is 6.07 Å². The maximum atomic E-state index is 4.05. The molecule has 0 unspecified atom stereocenters. The smallest absolute Gasteiger partial charge is 0.0676 e. The van der Waals surface area contributed by atoms with Crippen molar-refractivity contribution in [2.45, 2.75) is 6.54 Å². The summed E-state index contributed by atoms with van der Waals surface area (Å²) >= 11 is 0.